The Bertz CT molecular complexity index is 1270. The molecule has 0 bridgehead atoms. The SMILES string of the molecule is N#Cc1ccc(NC(=O)CSc2nnc(-c3cccnc3)n2Cc2ccccc2)cc1Cl. The first-order valence-corrected chi connectivity index (χ1v) is 11.0. The summed E-state index contributed by atoms with van der Waals surface area (Å²) in [5.41, 5.74) is 2.83. The van der Waals surface area contributed by atoms with Crippen LogP contribution < -0.4 is 5.32 Å². The number of thioether (sulfide) groups is 1. The highest BCUT2D eigenvalue weighted by Crippen LogP contribution is 2.25. The lowest BCUT2D eigenvalue weighted by Crippen LogP contribution is -2.15. The van der Waals surface area contributed by atoms with Crippen molar-refractivity contribution < 1.29 is 4.79 Å². The normalized spacial score (nSPS) is 10.5. The van der Waals surface area contributed by atoms with Crippen molar-refractivity contribution in [2.75, 3.05) is 11.1 Å². The van der Waals surface area contributed by atoms with Gasteiger partial charge in [0.2, 0.25) is 5.91 Å². The number of nitriles is 1. The molecule has 0 spiro atoms. The first kappa shape index (κ1) is 21.6. The summed E-state index contributed by atoms with van der Waals surface area (Å²) in [6.07, 6.45) is 3.44. The lowest BCUT2D eigenvalue weighted by atomic mass is 10.2. The third kappa shape index (κ3) is 5.14. The first-order chi connectivity index (χ1) is 15.6. The number of aromatic nitrogens is 4. The lowest BCUT2D eigenvalue weighted by Gasteiger charge is -2.11. The summed E-state index contributed by atoms with van der Waals surface area (Å²) < 4.78 is 1.98. The van der Waals surface area contributed by atoms with Gasteiger partial charge in [-0.1, -0.05) is 53.7 Å². The predicted octanol–water partition coefficient (Wildman–Crippen LogP) is 4.64. The zero-order chi connectivity index (χ0) is 22.3. The van der Waals surface area contributed by atoms with E-state index in [0.29, 0.717) is 33.8 Å². The second-order valence-corrected chi connectivity index (χ2v) is 8.11. The maximum absolute atomic E-state index is 12.5. The number of benzene rings is 2. The molecule has 0 atom stereocenters. The number of carbonyl (C=O) groups excluding carboxylic acids is 1. The van der Waals surface area contributed by atoms with E-state index in [9.17, 15) is 4.79 Å². The molecule has 0 fully saturated rings. The highest BCUT2D eigenvalue weighted by Gasteiger charge is 2.16. The molecular formula is C23H17ClN6OS. The van der Waals surface area contributed by atoms with Gasteiger partial charge in [-0.05, 0) is 35.9 Å². The Hall–Kier alpha value is -3.67. The summed E-state index contributed by atoms with van der Waals surface area (Å²) >= 11 is 7.33. The van der Waals surface area contributed by atoms with Crippen molar-refractivity contribution in [3.05, 3.63) is 89.2 Å². The van der Waals surface area contributed by atoms with Gasteiger partial charge in [-0.2, -0.15) is 5.26 Å². The van der Waals surface area contributed by atoms with Crippen LogP contribution in [0.1, 0.15) is 11.1 Å². The highest BCUT2D eigenvalue weighted by atomic mass is 35.5. The molecule has 0 aliphatic rings. The quantitative estimate of drug-likeness (QED) is 0.403. The number of nitrogens with zero attached hydrogens (tertiary/aromatic N) is 5. The van der Waals surface area contributed by atoms with Crippen LogP contribution in [-0.4, -0.2) is 31.4 Å². The van der Waals surface area contributed by atoms with E-state index in [-0.39, 0.29) is 11.7 Å². The Kier molecular flexibility index (Phi) is 6.80. The van der Waals surface area contributed by atoms with Gasteiger partial charge in [0.05, 0.1) is 22.9 Å². The summed E-state index contributed by atoms with van der Waals surface area (Å²) in [7, 11) is 0. The molecule has 32 heavy (non-hydrogen) atoms. The summed E-state index contributed by atoms with van der Waals surface area (Å²) in [6, 6.07) is 20.5. The van der Waals surface area contributed by atoms with E-state index < -0.39 is 0 Å². The molecule has 0 aliphatic heterocycles. The van der Waals surface area contributed by atoms with Crippen LogP contribution in [0.5, 0.6) is 0 Å². The average Bonchev–Trinajstić information content (AvgIpc) is 3.21. The van der Waals surface area contributed by atoms with Crippen LogP contribution in [0.15, 0.2) is 78.2 Å². The zero-order valence-electron chi connectivity index (χ0n) is 16.8. The molecule has 2 aromatic heterocycles. The highest BCUT2D eigenvalue weighted by molar-refractivity contribution is 7.99. The molecule has 9 heteroatoms. The van der Waals surface area contributed by atoms with Crippen molar-refractivity contribution >= 4 is 35.0 Å². The molecule has 2 heterocycles. The van der Waals surface area contributed by atoms with Crippen LogP contribution in [0.3, 0.4) is 0 Å². The molecule has 1 N–H and O–H groups in total. The van der Waals surface area contributed by atoms with Gasteiger partial charge >= 0.3 is 0 Å². The number of nitrogens with one attached hydrogen (secondary N) is 1. The van der Waals surface area contributed by atoms with Crippen molar-refractivity contribution in [3.8, 4) is 17.5 Å². The summed E-state index contributed by atoms with van der Waals surface area (Å²) in [4.78, 5) is 16.7. The molecule has 7 nitrogen and oxygen atoms in total. The van der Waals surface area contributed by atoms with E-state index in [4.69, 9.17) is 16.9 Å². The Morgan fingerprint density at radius 2 is 1.97 bits per heavy atom. The Labute approximate surface area is 194 Å². The fourth-order valence-corrected chi connectivity index (χ4v) is 3.98. The molecule has 0 saturated heterocycles. The standard InChI is InChI=1S/C23H17ClN6OS/c24-20-11-19(9-8-17(20)12-25)27-21(31)15-32-23-29-28-22(18-7-4-10-26-13-18)30(23)14-16-5-2-1-3-6-16/h1-11,13H,14-15H2,(H,27,31). The van der Waals surface area contributed by atoms with E-state index in [1.165, 1.54) is 11.8 Å². The Morgan fingerprint density at radius 3 is 2.69 bits per heavy atom. The molecular weight excluding hydrogens is 444 g/mol. The Morgan fingerprint density at radius 1 is 1.12 bits per heavy atom. The monoisotopic (exact) mass is 460 g/mol. The van der Waals surface area contributed by atoms with Crippen LogP contribution in [0, 0.1) is 11.3 Å². The number of halogens is 1. The van der Waals surface area contributed by atoms with Crippen molar-refractivity contribution in [1.82, 2.24) is 19.7 Å². The molecule has 0 saturated carbocycles. The van der Waals surface area contributed by atoms with Crippen molar-refractivity contribution in [2.24, 2.45) is 0 Å². The third-order valence-electron chi connectivity index (χ3n) is 4.53. The van der Waals surface area contributed by atoms with Gasteiger partial charge in [0.1, 0.15) is 6.07 Å². The minimum atomic E-state index is -0.215. The molecule has 158 valence electrons. The molecule has 0 aliphatic carbocycles. The van der Waals surface area contributed by atoms with Crippen LogP contribution in [0.2, 0.25) is 5.02 Å². The predicted molar refractivity (Wildman–Crippen MR) is 124 cm³/mol. The second kappa shape index (κ2) is 10.1. The molecule has 1 amide bonds. The molecule has 4 rings (SSSR count). The molecule has 4 aromatic rings. The number of pyridine rings is 1. The van der Waals surface area contributed by atoms with Crippen molar-refractivity contribution in [3.63, 3.8) is 0 Å². The van der Waals surface area contributed by atoms with E-state index in [1.54, 1.807) is 30.6 Å². The van der Waals surface area contributed by atoms with Gasteiger partial charge < -0.3 is 5.32 Å². The number of anilines is 1. The number of carbonyl (C=O) groups is 1. The van der Waals surface area contributed by atoms with E-state index in [2.05, 4.69) is 20.5 Å². The molecule has 2 aromatic carbocycles. The number of hydrogen-bond acceptors (Lipinski definition) is 6. The number of amides is 1. The van der Waals surface area contributed by atoms with Gasteiger partial charge in [0.15, 0.2) is 11.0 Å². The largest absolute Gasteiger partial charge is 0.325 e. The fraction of sp³-hybridized carbons (Fsp3) is 0.0870. The molecule has 0 unspecified atom stereocenters. The molecule has 0 radical (unpaired) electrons. The average molecular weight is 461 g/mol. The van der Waals surface area contributed by atoms with Crippen molar-refractivity contribution in [2.45, 2.75) is 11.7 Å². The van der Waals surface area contributed by atoms with Gasteiger partial charge in [-0.15, -0.1) is 10.2 Å². The van der Waals surface area contributed by atoms with Crippen LogP contribution >= 0.6 is 23.4 Å². The fourth-order valence-electron chi connectivity index (χ4n) is 3.02. The number of hydrogen-bond donors (Lipinski definition) is 1. The minimum Gasteiger partial charge on any atom is -0.325 e. The van der Waals surface area contributed by atoms with Gasteiger partial charge in [-0.3, -0.25) is 14.3 Å². The summed E-state index contributed by atoms with van der Waals surface area (Å²) in [6.45, 7) is 0.563. The topological polar surface area (TPSA) is 96.5 Å². The third-order valence-corrected chi connectivity index (χ3v) is 5.81. The van der Waals surface area contributed by atoms with Crippen LogP contribution in [-0.2, 0) is 11.3 Å². The van der Waals surface area contributed by atoms with Gasteiger partial charge in [0.25, 0.3) is 0 Å². The van der Waals surface area contributed by atoms with E-state index in [1.807, 2.05) is 53.1 Å². The van der Waals surface area contributed by atoms with Gasteiger partial charge in [0, 0.05) is 23.6 Å². The number of rotatable bonds is 7. The van der Waals surface area contributed by atoms with E-state index in [0.717, 1.165) is 11.1 Å². The van der Waals surface area contributed by atoms with Crippen LogP contribution in [0.25, 0.3) is 11.4 Å². The zero-order valence-corrected chi connectivity index (χ0v) is 18.3. The summed E-state index contributed by atoms with van der Waals surface area (Å²) in [5.74, 6) is 0.606. The maximum Gasteiger partial charge on any atom is 0.234 e. The maximum atomic E-state index is 12.5. The second-order valence-electron chi connectivity index (χ2n) is 6.76. The lowest BCUT2D eigenvalue weighted by molar-refractivity contribution is -0.113. The summed E-state index contributed by atoms with van der Waals surface area (Å²) in [5, 5.41) is 21.3. The van der Waals surface area contributed by atoms with E-state index >= 15 is 0 Å². The Balaban J connectivity index is 1.51. The van der Waals surface area contributed by atoms with Gasteiger partial charge in [-0.25, -0.2) is 0 Å². The minimum absolute atomic E-state index is 0.136. The van der Waals surface area contributed by atoms with Crippen LogP contribution in [0.4, 0.5) is 5.69 Å². The van der Waals surface area contributed by atoms with Crippen molar-refractivity contribution in [1.29, 1.82) is 5.26 Å². The smallest absolute Gasteiger partial charge is 0.234 e. The first-order valence-electron chi connectivity index (χ1n) is 9.64.